The molecule has 0 radical (unpaired) electrons. The second-order valence-electron chi connectivity index (χ2n) is 6.17. The van der Waals surface area contributed by atoms with Gasteiger partial charge < -0.3 is 4.98 Å². The van der Waals surface area contributed by atoms with Crippen LogP contribution in [0.4, 0.5) is 0 Å². The predicted octanol–water partition coefficient (Wildman–Crippen LogP) is 5.70. The second kappa shape index (κ2) is 7.43. The lowest BCUT2D eigenvalue weighted by Crippen LogP contribution is -2.48. The van der Waals surface area contributed by atoms with Crippen LogP contribution in [0.3, 0.4) is 0 Å². The van der Waals surface area contributed by atoms with Crippen molar-refractivity contribution in [2.45, 2.75) is 52.2 Å². The number of azide groups is 1. The molecule has 0 saturated carbocycles. The first kappa shape index (κ1) is 17.9. The van der Waals surface area contributed by atoms with Crippen molar-refractivity contribution in [2.24, 2.45) is 5.11 Å². The molecule has 1 aromatic carbocycles. The van der Waals surface area contributed by atoms with E-state index in [0.29, 0.717) is 6.54 Å². The number of hydrogen-bond donors (Lipinski definition) is 1. The van der Waals surface area contributed by atoms with Gasteiger partial charge in [-0.3, -0.25) is 0 Å². The molecular weight excluding hydrogens is 324 g/mol. The quantitative estimate of drug-likeness (QED) is 0.289. The molecule has 2 aromatic rings. The van der Waals surface area contributed by atoms with E-state index in [4.69, 9.17) is 17.1 Å². The van der Waals surface area contributed by atoms with E-state index in [1.165, 1.54) is 34.4 Å². The first-order valence-corrected chi connectivity index (χ1v) is 11.3. The zero-order valence-electron chi connectivity index (χ0n) is 14.4. The predicted molar refractivity (Wildman–Crippen MR) is 103 cm³/mol. The molecule has 0 bridgehead atoms. The number of H-pyrrole nitrogens is 1. The highest BCUT2D eigenvalue weighted by atomic mass is 35.5. The van der Waals surface area contributed by atoms with Crippen molar-refractivity contribution < 1.29 is 0 Å². The number of halogens is 1. The molecule has 0 aliphatic heterocycles. The van der Waals surface area contributed by atoms with Gasteiger partial charge in [-0.05, 0) is 42.1 Å². The Morgan fingerprint density at radius 3 is 2.43 bits per heavy atom. The third-order valence-electron chi connectivity index (χ3n) is 5.27. The number of hydrogen-bond acceptors (Lipinski definition) is 1. The maximum atomic E-state index is 8.60. The van der Waals surface area contributed by atoms with E-state index in [-0.39, 0.29) is 0 Å². The van der Waals surface area contributed by atoms with Crippen LogP contribution in [0.2, 0.25) is 23.2 Å². The molecule has 0 amide bonds. The standard InChI is InChI=1S/C17H25ClN4Si/c1-5-23(6-2,7-3)17-13(8-9-20-22-19)14-10-12(4)15(18)11-16(14)21-17/h10-11,21H,5-9H2,1-4H3. The molecule has 0 fully saturated rings. The van der Waals surface area contributed by atoms with Gasteiger partial charge in [0.2, 0.25) is 0 Å². The zero-order chi connectivity index (χ0) is 17.0. The van der Waals surface area contributed by atoms with E-state index in [1.807, 2.05) is 13.0 Å². The largest absolute Gasteiger partial charge is 0.362 e. The van der Waals surface area contributed by atoms with Crippen molar-refractivity contribution in [1.29, 1.82) is 0 Å². The summed E-state index contributed by atoms with van der Waals surface area (Å²) >= 11 is 6.32. The molecule has 0 atom stereocenters. The maximum Gasteiger partial charge on any atom is 0.107 e. The normalized spacial score (nSPS) is 11.7. The first-order chi connectivity index (χ1) is 11.0. The summed E-state index contributed by atoms with van der Waals surface area (Å²) in [7, 11) is -1.55. The Morgan fingerprint density at radius 1 is 1.22 bits per heavy atom. The lowest BCUT2D eigenvalue weighted by molar-refractivity contribution is 0.966. The topological polar surface area (TPSA) is 64.5 Å². The Labute approximate surface area is 143 Å². The van der Waals surface area contributed by atoms with Gasteiger partial charge in [-0.25, -0.2) is 0 Å². The van der Waals surface area contributed by atoms with Gasteiger partial charge in [-0.1, -0.05) is 55.6 Å². The van der Waals surface area contributed by atoms with Crippen LogP contribution in [0.15, 0.2) is 17.2 Å². The first-order valence-electron chi connectivity index (χ1n) is 8.35. The number of nitrogens with zero attached hydrogens (tertiary/aromatic N) is 3. The molecule has 0 spiro atoms. The van der Waals surface area contributed by atoms with Crippen molar-refractivity contribution in [1.82, 2.24) is 4.98 Å². The number of benzene rings is 1. The molecule has 0 aliphatic rings. The lowest BCUT2D eigenvalue weighted by Gasteiger charge is -2.28. The van der Waals surface area contributed by atoms with Crippen LogP contribution >= 0.6 is 11.6 Å². The number of aryl methyl sites for hydroxylation is 1. The zero-order valence-corrected chi connectivity index (χ0v) is 16.2. The van der Waals surface area contributed by atoms with Crippen molar-refractivity contribution in [2.75, 3.05) is 6.54 Å². The minimum atomic E-state index is -1.55. The SMILES string of the molecule is CC[Si](CC)(CC)c1[nH]c2cc(Cl)c(C)cc2c1CCN=[N+]=[N-]. The summed E-state index contributed by atoms with van der Waals surface area (Å²) in [6.45, 7) is 9.45. The molecule has 4 nitrogen and oxygen atoms in total. The highest BCUT2D eigenvalue weighted by Gasteiger charge is 2.33. The number of rotatable bonds is 7. The maximum absolute atomic E-state index is 8.60. The Morgan fingerprint density at radius 2 is 1.87 bits per heavy atom. The molecular formula is C17H25ClN4Si. The van der Waals surface area contributed by atoms with E-state index in [0.717, 1.165) is 22.5 Å². The summed E-state index contributed by atoms with van der Waals surface area (Å²) in [4.78, 5) is 6.60. The van der Waals surface area contributed by atoms with Gasteiger partial charge in [0.1, 0.15) is 8.07 Å². The van der Waals surface area contributed by atoms with E-state index in [9.17, 15) is 0 Å². The highest BCUT2D eigenvalue weighted by Crippen LogP contribution is 2.29. The summed E-state index contributed by atoms with van der Waals surface area (Å²) < 4.78 is 0. The van der Waals surface area contributed by atoms with Crippen molar-refractivity contribution >= 4 is 35.9 Å². The van der Waals surface area contributed by atoms with Crippen LogP contribution in [-0.4, -0.2) is 19.6 Å². The molecule has 1 aromatic heterocycles. The lowest BCUT2D eigenvalue weighted by atomic mass is 10.1. The molecule has 6 heteroatoms. The minimum absolute atomic E-state index is 0.500. The van der Waals surface area contributed by atoms with Gasteiger partial charge in [0, 0.05) is 32.7 Å². The second-order valence-corrected chi connectivity index (χ2v) is 11.8. The van der Waals surface area contributed by atoms with Gasteiger partial charge in [-0.15, -0.1) is 0 Å². The summed E-state index contributed by atoms with van der Waals surface area (Å²) in [6.07, 6.45) is 0.787. The van der Waals surface area contributed by atoms with Gasteiger partial charge in [0.25, 0.3) is 0 Å². The third kappa shape index (κ3) is 3.27. The average molecular weight is 349 g/mol. The number of aromatic nitrogens is 1. The van der Waals surface area contributed by atoms with Gasteiger partial charge in [0.15, 0.2) is 0 Å². The molecule has 124 valence electrons. The van der Waals surface area contributed by atoms with E-state index >= 15 is 0 Å². The summed E-state index contributed by atoms with van der Waals surface area (Å²) in [5.41, 5.74) is 12.1. The highest BCUT2D eigenvalue weighted by molar-refractivity contribution is 6.91. The van der Waals surface area contributed by atoms with E-state index < -0.39 is 8.07 Å². The van der Waals surface area contributed by atoms with Gasteiger partial charge in [-0.2, -0.15) is 0 Å². The fourth-order valence-electron chi connectivity index (χ4n) is 3.58. The van der Waals surface area contributed by atoms with Gasteiger partial charge >= 0.3 is 0 Å². The minimum Gasteiger partial charge on any atom is -0.362 e. The summed E-state index contributed by atoms with van der Waals surface area (Å²) in [5.74, 6) is 0. The summed E-state index contributed by atoms with van der Waals surface area (Å²) in [5, 5.41) is 7.21. The molecule has 1 heterocycles. The molecule has 0 unspecified atom stereocenters. The van der Waals surface area contributed by atoms with Gasteiger partial charge in [0.05, 0.1) is 0 Å². The van der Waals surface area contributed by atoms with Crippen molar-refractivity contribution in [3.05, 3.63) is 38.7 Å². The van der Waals surface area contributed by atoms with Crippen LogP contribution in [0.5, 0.6) is 0 Å². The smallest absolute Gasteiger partial charge is 0.107 e. The Hall–Kier alpha value is -1.42. The van der Waals surface area contributed by atoms with E-state index in [2.05, 4.69) is 41.8 Å². The monoisotopic (exact) mass is 348 g/mol. The Balaban J connectivity index is 2.70. The molecule has 23 heavy (non-hydrogen) atoms. The molecule has 2 rings (SSSR count). The molecule has 1 N–H and O–H groups in total. The van der Waals surface area contributed by atoms with Crippen LogP contribution in [0.25, 0.3) is 21.3 Å². The third-order valence-corrected chi connectivity index (χ3v) is 11.2. The fraction of sp³-hybridized carbons (Fsp3) is 0.529. The number of nitrogens with one attached hydrogen (secondary N) is 1. The molecule has 0 saturated heterocycles. The van der Waals surface area contributed by atoms with E-state index in [1.54, 1.807) is 0 Å². The number of fused-ring (bicyclic) bond motifs is 1. The Kier molecular flexibility index (Phi) is 5.79. The van der Waals surface area contributed by atoms with Crippen molar-refractivity contribution in [3.63, 3.8) is 0 Å². The fourth-order valence-corrected chi connectivity index (χ4v) is 7.60. The van der Waals surface area contributed by atoms with Crippen LogP contribution in [0, 0.1) is 6.92 Å². The van der Waals surface area contributed by atoms with Crippen LogP contribution < -0.4 is 5.32 Å². The summed E-state index contributed by atoms with van der Waals surface area (Å²) in [6, 6.07) is 7.85. The van der Waals surface area contributed by atoms with Crippen LogP contribution in [-0.2, 0) is 6.42 Å². The Bertz CT molecular complexity index is 734. The van der Waals surface area contributed by atoms with Crippen molar-refractivity contribution in [3.8, 4) is 0 Å². The molecule has 0 aliphatic carbocycles. The number of aromatic amines is 1. The van der Waals surface area contributed by atoms with Crippen LogP contribution in [0.1, 0.15) is 31.9 Å². The average Bonchev–Trinajstić information content (AvgIpc) is 2.89.